The van der Waals surface area contributed by atoms with Crippen molar-refractivity contribution in [3.05, 3.63) is 53.3 Å². The molecule has 1 aromatic carbocycles. The number of aromatic nitrogens is 1. The molecule has 0 spiro atoms. The fourth-order valence-corrected chi connectivity index (χ4v) is 2.76. The smallest absolute Gasteiger partial charge is 0.320 e. The second kappa shape index (κ2) is 8.86. The first kappa shape index (κ1) is 19.3. The molecule has 1 heterocycles. The Morgan fingerprint density at radius 2 is 1.62 bits per heavy atom. The number of carbonyl (C=O) groups excluding carboxylic acids is 2. The summed E-state index contributed by atoms with van der Waals surface area (Å²) in [5.41, 5.74) is 3.17. The summed E-state index contributed by atoms with van der Waals surface area (Å²) in [4.78, 5) is 24.5. The van der Waals surface area contributed by atoms with E-state index in [4.69, 9.17) is 14.7 Å². The topological polar surface area (TPSA) is 81.3 Å². The minimum atomic E-state index is -1.01. The van der Waals surface area contributed by atoms with Crippen LogP contribution < -0.4 is 0 Å². The van der Waals surface area contributed by atoms with E-state index in [1.807, 2.05) is 35.8 Å². The number of benzene rings is 1. The van der Waals surface area contributed by atoms with Crippen LogP contribution in [0.3, 0.4) is 0 Å². The highest BCUT2D eigenvalue weighted by Gasteiger charge is 2.31. The van der Waals surface area contributed by atoms with Crippen LogP contribution >= 0.6 is 0 Å². The number of hydrogen-bond acceptors (Lipinski definition) is 5. The fraction of sp³-hybridized carbons (Fsp3) is 0.350. The molecule has 2 rings (SSSR count). The summed E-state index contributed by atoms with van der Waals surface area (Å²) in [6, 6.07) is 13.0. The minimum Gasteiger partial charge on any atom is -0.465 e. The highest BCUT2D eigenvalue weighted by molar-refractivity contribution is 5.95. The molecule has 1 aromatic heterocycles. The number of hydrogen-bond donors (Lipinski definition) is 0. The van der Waals surface area contributed by atoms with Crippen molar-refractivity contribution in [3.63, 3.8) is 0 Å². The maximum Gasteiger partial charge on any atom is 0.320 e. The highest BCUT2D eigenvalue weighted by atomic mass is 16.6. The van der Waals surface area contributed by atoms with Crippen LogP contribution in [-0.2, 0) is 25.5 Å². The summed E-state index contributed by atoms with van der Waals surface area (Å²) in [7, 11) is 0. The fourth-order valence-electron chi connectivity index (χ4n) is 2.76. The Bertz CT molecular complexity index is 797. The van der Waals surface area contributed by atoms with Gasteiger partial charge in [-0.3, -0.25) is 9.59 Å². The van der Waals surface area contributed by atoms with Gasteiger partial charge in [-0.2, -0.15) is 5.26 Å². The zero-order valence-corrected chi connectivity index (χ0v) is 15.2. The summed E-state index contributed by atoms with van der Waals surface area (Å²) >= 11 is 0. The highest BCUT2D eigenvalue weighted by Crippen LogP contribution is 2.21. The van der Waals surface area contributed by atoms with Crippen molar-refractivity contribution >= 4 is 11.9 Å². The van der Waals surface area contributed by atoms with Crippen molar-refractivity contribution in [3.8, 4) is 11.8 Å². The first-order valence-corrected chi connectivity index (χ1v) is 8.52. The number of nitrogens with zero attached hydrogens (tertiary/aromatic N) is 2. The largest absolute Gasteiger partial charge is 0.465 e. The molecule has 0 atom stereocenters. The van der Waals surface area contributed by atoms with Crippen molar-refractivity contribution in [2.75, 3.05) is 13.2 Å². The molecule has 0 aliphatic heterocycles. The summed E-state index contributed by atoms with van der Waals surface area (Å²) in [5.74, 6) is -2.19. The molecule has 0 radical (unpaired) electrons. The molecule has 0 saturated carbocycles. The molecule has 0 unspecified atom stereocenters. The molecule has 6 heteroatoms. The zero-order valence-electron chi connectivity index (χ0n) is 15.2. The van der Waals surface area contributed by atoms with Gasteiger partial charge in [0, 0.05) is 23.5 Å². The molecule has 0 fully saturated rings. The van der Waals surface area contributed by atoms with Crippen LogP contribution in [0.1, 0.15) is 30.8 Å². The lowest BCUT2D eigenvalue weighted by molar-refractivity contribution is -0.161. The molecule has 0 N–H and O–H groups in total. The van der Waals surface area contributed by atoms with E-state index in [1.165, 1.54) is 0 Å². The zero-order chi connectivity index (χ0) is 19.1. The number of nitriles is 1. The van der Waals surface area contributed by atoms with E-state index < -0.39 is 17.9 Å². The summed E-state index contributed by atoms with van der Waals surface area (Å²) in [6.07, 6.45) is 0.172. The van der Waals surface area contributed by atoms with E-state index in [2.05, 4.69) is 6.07 Å². The van der Waals surface area contributed by atoms with E-state index in [9.17, 15) is 9.59 Å². The van der Waals surface area contributed by atoms with Crippen molar-refractivity contribution < 1.29 is 19.1 Å². The van der Waals surface area contributed by atoms with E-state index >= 15 is 0 Å². The predicted octanol–water partition coefficient (Wildman–Crippen LogP) is 2.94. The van der Waals surface area contributed by atoms with Crippen molar-refractivity contribution in [2.24, 2.45) is 5.92 Å². The number of esters is 2. The van der Waals surface area contributed by atoms with Crippen LogP contribution in [-0.4, -0.2) is 29.7 Å². The molecule has 0 aliphatic rings. The van der Waals surface area contributed by atoms with E-state index in [0.717, 1.165) is 17.1 Å². The van der Waals surface area contributed by atoms with Crippen molar-refractivity contribution in [2.45, 2.75) is 27.2 Å². The number of rotatable bonds is 7. The third kappa shape index (κ3) is 4.31. The van der Waals surface area contributed by atoms with Gasteiger partial charge in [-0.15, -0.1) is 0 Å². The third-order valence-corrected chi connectivity index (χ3v) is 3.97. The first-order chi connectivity index (χ1) is 12.5. The van der Waals surface area contributed by atoms with Gasteiger partial charge in [0.15, 0.2) is 5.92 Å². The van der Waals surface area contributed by atoms with Gasteiger partial charge < -0.3 is 14.0 Å². The predicted molar refractivity (Wildman–Crippen MR) is 95.7 cm³/mol. The van der Waals surface area contributed by atoms with Gasteiger partial charge in [0.05, 0.1) is 24.8 Å². The number of aryl methyl sites for hydroxylation is 1. The monoisotopic (exact) mass is 354 g/mol. The normalized spacial score (nSPS) is 10.4. The lowest BCUT2D eigenvalue weighted by Gasteiger charge is -2.17. The second-order valence-corrected chi connectivity index (χ2v) is 5.72. The Balaban J connectivity index is 2.36. The maximum absolute atomic E-state index is 12.2. The molecule has 26 heavy (non-hydrogen) atoms. The number of ether oxygens (including phenoxy) is 2. The van der Waals surface area contributed by atoms with Crippen LogP contribution in [0.5, 0.6) is 0 Å². The summed E-state index contributed by atoms with van der Waals surface area (Å²) in [5, 5.41) is 8.95. The SMILES string of the molecule is CCOC(=O)C(Cc1ccc(C)n1-c1ccc(C#N)cc1)C(=O)OCC. The number of carbonyl (C=O) groups is 2. The van der Waals surface area contributed by atoms with Crippen LogP contribution in [0, 0.1) is 24.2 Å². The average Bonchev–Trinajstić information content (AvgIpc) is 3.00. The van der Waals surface area contributed by atoms with Crippen LogP contribution in [0.15, 0.2) is 36.4 Å². The van der Waals surface area contributed by atoms with Crippen molar-refractivity contribution in [1.29, 1.82) is 5.26 Å². The Kier molecular flexibility index (Phi) is 6.56. The molecule has 136 valence electrons. The lowest BCUT2D eigenvalue weighted by atomic mass is 10.0. The molecule has 0 aliphatic carbocycles. The van der Waals surface area contributed by atoms with Gasteiger partial charge in [0.2, 0.25) is 0 Å². The maximum atomic E-state index is 12.2. The standard InChI is InChI=1S/C20H22N2O4/c1-4-25-19(23)18(20(24)26-5-2)12-17-9-6-14(3)22(17)16-10-7-15(13-21)8-11-16/h6-11,18H,4-5,12H2,1-3H3. The molecule has 0 amide bonds. The van der Waals surface area contributed by atoms with E-state index in [0.29, 0.717) is 5.56 Å². The van der Waals surface area contributed by atoms with Gasteiger partial charge in [0.25, 0.3) is 0 Å². The molecule has 6 nitrogen and oxygen atoms in total. The van der Waals surface area contributed by atoms with Gasteiger partial charge >= 0.3 is 11.9 Å². The van der Waals surface area contributed by atoms with Crippen LogP contribution in [0.2, 0.25) is 0 Å². The van der Waals surface area contributed by atoms with E-state index in [-0.39, 0.29) is 19.6 Å². The second-order valence-electron chi connectivity index (χ2n) is 5.72. The van der Waals surface area contributed by atoms with Gasteiger partial charge in [-0.25, -0.2) is 0 Å². The van der Waals surface area contributed by atoms with Gasteiger partial charge in [-0.1, -0.05) is 0 Å². The Hall–Kier alpha value is -3.07. The summed E-state index contributed by atoms with van der Waals surface area (Å²) in [6.45, 7) is 5.73. The minimum absolute atomic E-state index is 0.172. The third-order valence-electron chi connectivity index (χ3n) is 3.97. The summed E-state index contributed by atoms with van der Waals surface area (Å²) < 4.78 is 12.0. The molecular weight excluding hydrogens is 332 g/mol. The average molecular weight is 354 g/mol. The Morgan fingerprint density at radius 3 is 2.12 bits per heavy atom. The van der Waals surface area contributed by atoms with Gasteiger partial charge in [-0.05, 0) is 57.2 Å². The Morgan fingerprint density at radius 1 is 1.04 bits per heavy atom. The Labute approximate surface area is 152 Å². The van der Waals surface area contributed by atoms with Gasteiger partial charge in [0.1, 0.15) is 0 Å². The quantitative estimate of drug-likeness (QED) is 0.564. The lowest BCUT2D eigenvalue weighted by Crippen LogP contribution is -2.30. The molecule has 2 aromatic rings. The molecular formula is C20H22N2O4. The van der Waals surface area contributed by atoms with Crippen LogP contribution in [0.4, 0.5) is 0 Å². The van der Waals surface area contributed by atoms with Crippen molar-refractivity contribution in [1.82, 2.24) is 4.57 Å². The van der Waals surface area contributed by atoms with E-state index in [1.54, 1.807) is 26.0 Å². The first-order valence-electron chi connectivity index (χ1n) is 8.52. The molecule has 0 bridgehead atoms. The van der Waals surface area contributed by atoms with Crippen LogP contribution in [0.25, 0.3) is 5.69 Å². The molecule has 0 saturated heterocycles.